The van der Waals surface area contributed by atoms with Gasteiger partial charge in [-0.25, -0.2) is 9.97 Å². The summed E-state index contributed by atoms with van der Waals surface area (Å²) in [6, 6.07) is 2.12. The minimum Gasteiger partial charge on any atom is -0.293 e. The average Bonchev–Trinajstić information content (AvgIpc) is 3.27. The maximum absolute atomic E-state index is 4.79. The van der Waals surface area contributed by atoms with Gasteiger partial charge in [-0.15, -0.1) is 0 Å². The zero-order valence-electron chi connectivity index (χ0n) is 12.5. The maximum Gasteiger partial charge on any atom is 0.131 e. The molecule has 0 N–H and O–H groups in total. The number of hydrogen-bond acceptors (Lipinski definition) is 4. The Balaban J connectivity index is 1.48. The first kappa shape index (κ1) is 13.0. The highest BCUT2D eigenvalue weighted by molar-refractivity contribution is 5.22. The van der Waals surface area contributed by atoms with Gasteiger partial charge in [0.15, 0.2) is 0 Å². The Bertz CT molecular complexity index is 644. The van der Waals surface area contributed by atoms with Crippen molar-refractivity contribution < 1.29 is 0 Å². The van der Waals surface area contributed by atoms with E-state index < -0.39 is 0 Å². The highest BCUT2D eigenvalue weighted by atomic mass is 15.3. The van der Waals surface area contributed by atoms with Gasteiger partial charge < -0.3 is 0 Å². The number of rotatable bonds is 4. The lowest BCUT2D eigenvalue weighted by Gasteiger charge is -2.28. The topological polar surface area (TPSA) is 46.8 Å². The Morgan fingerprint density at radius 3 is 3.05 bits per heavy atom. The first-order valence-electron chi connectivity index (χ1n) is 7.91. The number of fused-ring (bicyclic) bond motifs is 1. The molecule has 1 aliphatic carbocycles. The molecule has 0 amide bonds. The van der Waals surface area contributed by atoms with Gasteiger partial charge in [0, 0.05) is 62.2 Å². The SMILES string of the molecule is CCn1nccc1CN1CCc2nc(C3CC3)ncc2C1. The molecule has 0 bridgehead atoms. The second-order valence-corrected chi connectivity index (χ2v) is 6.07. The summed E-state index contributed by atoms with van der Waals surface area (Å²) in [5.74, 6) is 1.72. The molecule has 5 heteroatoms. The summed E-state index contributed by atoms with van der Waals surface area (Å²) in [6.45, 7) is 6.05. The van der Waals surface area contributed by atoms with E-state index in [2.05, 4.69) is 38.9 Å². The summed E-state index contributed by atoms with van der Waals surface area (Å²) in [5, 5.41) is 4.35. The Hall–Kier alpha value is -1.75. The molecule has 2 aromatic rings. The van der Waals surface area contributed by atoms with Crippen molar-refractivity contribution in [3.63, 3.8) is 0 Å². The fourth-order valence-corrected chi connectivity index (χ4v) is 3.07. The molecule has 4 rings (SSSR count). The van der Waals surface area contributed by atoms with Crippen molar-refractivity contribution in [1.82, 2.24) is 24.6 Å². The number of hydrogen-bond donors (Lipinski definition) is 0. The van der Waals surface area contributed by atoms with Crippen molar-refractivity contribution in [1.29, 1.82) is 0 Å². The summed E-state index contributed by atoms with van der Waals surface area (Å²) in [7, 11) is 0. The average molecular weight is 283 g/mol. The van der Waals surface area contributed by atoms with Crippen LogP contribution >= 0.6 is 0 Å². The third-order valence-corrected chi connectivity index (χ3v) is 4.46. The van der Waals surface area contributed by atoms with Crippen LogP contribution in [-0.2, 0) is 26.1 Å². The first-order valence-corrected chi connectivity index (χ1v) is 7.91. The van der Waals surface area contributed by atoms with Gasteiger partial charge in [-0.2, -0.15) is 5.10 Å². The number of aromatic nitrogens is 4. The van der Waals surface area contributed by atoms with E-state index in [0.717, 1.165) is 38.4 Å². The Morgan fingerprint density at radius 2 is 2.24 bits per heavy atom. The van der Waals surface area contributed by atoms with E-state index >= 15 is 0 Å². The first-order chi connectivity index (χ1) is 10.3. The van der Waals surface area contributed by atoms with Crippen LogP contribution in [0, 0.1) is 0 Å². The molecule has 0 unspecified atom stereocenters. The van der Waals surface area contributed by atoms with Crippen molar-refractivity contribution in [2.45, 2.75) is 51.7 Å². The minimum atomic E-state index is 0.646. The van der Waals surface area contributed by atoms with Crippen molar-refractivity contribution in [2.24, 2.45) is 0 Å². The molecule has 21 heavy (non-hydrogen) atoms. The van der Waals surface area contributed by atoms with Gasteiger partial charge in [0.2, 0.25) is 0 Å². The van der Waals surface area contributed by atoms with Crippen LogP contribution in [0.25, 0.3) is 0 Å². The molecule has 0 atom stereocenters. The molecule has 3 heterocycles. The number of aryl methyl sites for hydroxylation is 1. The molecule has 2 aliphatic rings. The van der Waals surface area contributed by atoms with Crippen molar-refractivity contribution in [3.05, 3.63) is 41.2 Å². The van der Waals surface area contributed by atoms with Crippen LogP contribution in [-0.4, -0.2) is 31.2 Å². The van der Waals surface area contributed by atoms with E-state index in [4.69, 9.17) is 4.98 Å². The third-order valence-electron chi connectivity index (χ3n) is 4.46. The summed E-state index contributed by atoms with van der Waals surface area (Å²) in [4.78, 5) is 11.8. The van der Waals surface area contributed by atoms with Crippen molar-refractivity contribution in [3.8, 4) is 0 Å². The summed E-state index contributed by atoms with van der Waals surface area (Å²) in [6.07, 6.45) is 7.52. The second kappa shape index (κ2) is 5.22. The van der Waals surface area contributed by atoms with E-state index in [-0.39, 0.29) is 0 Å². The molecule has 2 aromatic heterocycles. The highest BCUT2D eigenvalue weighted by Crippen LogP contribution is 2.38. The number of nitrogens with zero attached hydrogens (tertiary/aromatic N) is 5. The van der Waals surface area contributed by atoms with Crippen molar-refractivity contribution in [2.75, 3.05) is 6.54 Å². The van der Waals surface area contributed by atoms with Gasteiger partial charge in [-0.05, 0) is 25.8 Å². The van der Waals surface area contributed by atoms with Gasteiger partial charge in [0.1, 0.15) is 5.82 Å². The van der Waals surface area contributed by atoms with Crippen LogP contribution < -0.4 is 0 Å². The highest BCUT2D eigenvalue weighted by Gasteiger charge is 2.28. The lowest BCUT2D eigenvalue weighted by molar-refractivity contribution is 0.235. The maximum atomic E-state index is 4.79. The molecular formula is C16H21N5. The lowest BCUT2D eigenvalue weighted by atomic mass is 10.1. The standard InChI is InChI=1S/C16H21N5/c1-2-21-14(5-7-18-21)11-20-8-6-15-13(10-20)9-17-16(19-15)12-3-4-12/h5,7,9,12H,2-4,6,8,10-11H2,1H3. The van der Waals surface area contributed by atoms with E-state index in [1.54, 1.807) is 0 Å². The van der Waals surface area contributed by atoms with Crippen LogP contribution in [0.4, 0.5) is 0 Å². The molecule has 0 radical (unpaired) electrons. The van der Waals surface area contributed by atoms with E-state index in [1.165, 1.54) is 29.8 Å². The van der Waals surface area contributed by atoms with Gasteiger partial charge in [-0.3, -0.25) is 9.58 Å². The predicted molar refractivity (Wildman–Crippen MR) is 79.7 cm³/mol. The lowest BCUT2D eigenvalue weighted by Crippen LogP contribution is -2.31. The van der Waals surface area contributed by atoms with E-state index in [9.17, 15) is 0 Å². The normalized spacial score (nSPS) is 18.7. The zero-order chi connectivity index (χ0) is 14.2. The van der Waals surface area contributed by atoms with E-state index in [0.29, 0.717) is 5.92 Å². The van der Waals surface area contributed by atoms with Crippen LogP contribution in [0.3, 0.4) is 0 Å². The van der Waals surface area contributed by atoms with E-state index in [1.807, 2.05) is 6.20 Å². The fraction of sp³-hybridized carbons (Fsp3) is 0.562. The smallest absolute Gasteiger partial charge is 0.131 e. The molecule has 1 fully saturated rings. The second-order valence-electron chi connectivity index (χ2n) is 6.07. The monoisotopic (exact) mass is 283 g/mol. The molecule has 5 nitrogen and oxygen atoms in total. The molecule has 0 aromatic carbocycles. The van der Waals surface area contributed by atoms with Crippen LogP contribution in [0.5, 0.6) is 0 Å². The molecule has 1 aliphatic heterocycles. The van der Waals surface area contributed by atoms with Gasteiger partial charge >= 0.3 is 0 Å². The summed E-state index contributed by atoms with van der Waals surface area (Å²) >= 11 is 0. The summed E-state index contributed by atoms with van der Waals surface area (Å²) in [5.41, 5.74) is 3.86. The van der Waals surface area contributed by atoms with Gasteiger partial charge in [0.25, 0.3) is 0 Å². The van der Waals surface area contributed by atoms with Gasteiger partial charge in [-0.1, -0.05) is 0 Å². The Morgan fingerprint density at radius 1 is 1.33 bits per heavy atom. The Labute approximate surface area is 125 Å². The predicted octanol–water partition coefficient (Wildman–Crippen LogP) is 2.13. The van der Waals surface area contributed by atoms with Crippen molar-refractivity contribution >= 4 is 0 Å². The van der Waals surface area contributed by atoms with Gasteiger partial charge in [0.05, 0.1) is 5.69 Å². The molecule has 110 valence electrons. The molecule has 0 spiro atoms. The zero-order valence-corrected chi connectivity index (χ0v) is 12.5. The largest absolute Gasteiger partial charge is 0.293 e. The van der Waals surface area contributed by atoms with Crippen LogP contribution in [0.2, 0.25) is 0 Å². The molecule has 1 saturated carbocycles. The fourth-order valence-electron chi connectivity index (χ4n) is 3.07. The molecule has 0 saturated heterocycles. The Kier molecular flexibility index (Phi) is 3.22. The van der Waals surface area contributed by atoms with Crippen LogP contribution in [0.1, 0.15) is 48.5 Å². The molecular weight excluding hydrogens is 262 g/mol. The third kappa shape index (κ3) is 2.58. The quantitative estimate of drug-likeness (QED) is 0.862. The summed E-state index contributed by atoms with van der Waals surface area (Å²) < 4.78 is 2.07. The minimum absolute atomic E-state index is 0.646. The van der Waals surface area contributed by atoms with Crippen LogP contribution in [0.15, 0.2) is 18.5 Å².